The van der Waals surface area contributed by atoms with Crippen molar-refractivity contribution in [3.05, 3.63) is 17.5 Å². The van der Waals surface area contributed by atoms with Crippen LogP contribution in [0.15, 0.2) is 6.20 Å². The van der Waals surface area contributed by atoms with Gasteiger partial charge >= 0.3 is 0 Å². The van der Waals surface area contributed by atoms with Gasteiger partial charge in [0.25, 0.3) is 5.91 Å². The highest BCUT2D eigenvalue weighted by molar-refractivity contribution is 5.95. The molecule has 0 spiro atoms. The Hall–Kier alpha value is -1.36. The fourth-order valence-electron chi connectivity index (χ4n) is 4.01. The number of fused-ring (bicyclic) bond motifs is 4. The van der Waals surface area contributed by atoms with Gasteiger partial charge in [-0.3, -0.25) is 14.8 Å². The highest BCUT2D eigenvalue weighted by Crippen LogP contribution is 2.29. The molecule has 2 atom stereocenters. The van der Waals surface area contributed by atoms with Gasteiger partial charge in [0.05, 0.1) is 11.8 Å². The second-order valence-electron chi connectivity index (χ2n) is 6.81. The van der Waals surface area contributed by atoms with E-state index in [0.717, 1.165) is 50.3 Å². The van der Waals surface area contributed by atoms with Crippen LogP contribution < -0.4 is 0 Å². The average molecular weight is 304 g/mol. The maximum Gasteiger partial charge on any atom is 0.257 e. The first-order valence-electron chi connectivity index (χ1n) is 8.78. The van der Waals surface area contributed by atoms with E-state index in [2.05, 4.69) is 33.8 Å². The monoisotopic (exact) mass is 304 g/mol. The summed E-state index contributed by atoms with van der Waals surface area (Å²) >= 11 is 0. The van der Waals surface area contributed by atoms with Crippen molar-refractivity contribution in [2.75, 3.05) is 26.2 Å². The average Bonchev–Trinajstić information content (AvgIpc) is 2.78. The maximum absolute atomic E-state index is 12.9. The van der Waals surface area contributed by atoms with Crippen molar-refractivity contribution in [1.29, 1.82) is 0 Å². The van der Waals surface area contributed by atoms with E-state index in [-0.39, 0.29) is 5.91 Å². The van der Waals surface area contributed by atoms with E-state index in [4.69, 9.17) is 0 Å². The lowest BCUT2D eigenvalue weighted by Crippen LogP contribution is -2.44. The Kier molecular flexibility index (Phi) is 4.81. The molecule has 0 aromatic carbocycles. The second kappa shape index (κ2) is 6.82. The second-order valence-corrected chi connectivity index (χ2v) is 6.81. The molecule has 122 valence electrons. The highest BCUT2D eigenvalue weighted by atomic mass is 16.2. The Morgan fingerprint density at radius 3 is 2.91 bits per heavy atom. The van der Waals surface area contributed by atoms with Gasteiger partial charge < -0.3 is 4.90 Å². The van der Waals surface area contributed by atoms with Crippen molar-refractivity contribution < 1.29 is 4.79 Å². The van der Waals surface area contributed by atoms with Crippen LogP contribution in [0.4, 0.5) is 0 Å². The van der Waals surface area contributed by atoms with Crippen molar-refractivity contribution in [1.82, 2.24) is 20.0 Å². The molecule has 3 saturated heterocycles. The zero-order chi connectivity index (χ0) is 15.5. The summed E-state index contributed by atoms with van der Waals surface area (Å²) in [5.41, 5.74) is 1.78. The number of hydrogen-bond acceptors (Lipinski definition) is 3. The largest absolute Gasteiger partial charge is 0.337 e. The summed E-state index contributed by atoms with van der Waals surface area (Å²) < 4.78 is 0. The topological polar surface area (TPSA) is 52.2 Å². The molecule has 1 aromatic heterocycles. The molecular weight excluding hydrogens is 276 g/mol. The standard InChI is InChI=1S/C17H28N4O/c1-3-5-16-15(9-18-19-16)17(22)21-11-13-6-7-14(12-21)20(10-13)8-4-2/h9,13-14H,3-8,10-12H2,1-2H3,(H,18,19)/t13-,14-/m1/s1. The van der Waals surface area contributed by atoms with E-state index < -0.39 is 0 Å². The number of aromatic amines is 1. The molecular formula is C17H28N4O. The smallest absolute Gasteiger partial charge is 0.257 e. The van der Waals surface area contributed by atoms with Crippen LogP contribution in [-0.4, -0.2) is 58.1 Å². The van der Waals surface area contributed by atoms with Gasteiger partial charge in [-0.15, -0.1) is 0 Å². The van der Waals surface area contributed by atoms with Gasteiger partial charge in [-0.05, 0) is 38.1 Å². The number of piperidine rings is 1. The van der Waals surface area contributed by atoms with Crippen LogP contribution in [0.25, 0.3) is 0 Å². The van der Waals surface area contributed by atoms with E-state index in [1.807, 2.05) is 0 Å². The van der Waals surface area contributed by atoms with Crippen molar-refractivity contribution >= 4 is 5.91 Å². The molecule has 3 aliphatic rings. The minimum Gasteiger partial charge on any atom is -0.337 e. The van der Waals surface area contributed by atoms with Crippen LogP contribution in [0.3, 0.4) is 0 Å². The molecule has 0 saturated carbocycles. The highest BCUT2D eigenvalue weighted by Gasteiger charge is 2.36. The van der Waals surface area contributed by atoms with Gasteiger partial charge in [-0.25, -0.2) is 0 Å². The summed E-state index contributed by atoms with van der Waals surface area (Å²) in [7, 11) is 0. The molecule has 3 aliphatic heterocycles. The number of rotatable bonds is 5. The van der Waals surface area contributed by atoms with E-state index in [9.17, 15) is 4.79 Å². The molecule has 2 bridgehead atoms. The molecule has 3 fully saturated rings. The molecule has 0 radical (unpaired) electrons. The summed E-state index contributed by atoms with van der Waals surface area (Å²) in [5, 5.41) is 7.10. The predicted molar refractivity (Wildman–Crippen MR) is 86.9 cm³/mol. The molecule has 1 amide bonds. The van der Waals surface area contributed by atoms with Crippen LogP contribution in [0.5, 0.6) is 0 Å². The molecule has 4 rings (SSSR count). The van der Waals surface area contributed by atoms with Gasteiger partial charge in [-0.2, -0.15) is 5.10 Å². The van der Waals surface area contributed by atoms with E-state index >= 15 is 0 Å². The van der Waals surface area contributed by atoms with Crippen molar-refractivity contribution in [2.45, 2.75) is 52.0 Å². The first-order valence-corrected chi connectivity index (χ1v) is 8.78. The third-order valence-electron chi connectivity index (χ3n) is 5.07. The van der Waals surface area contributed by atoms with Gasteiger partial charge in [0, 0.05) is 31.4 Å². The summed E-state index contributed by atoms with van der Waals surface area (Å²) in [6.07, 6.45) is 7.33. The molecule has 0 aliphatic carbocycles. The number of carbonyl (C=O) groups is 1. The Morgan fingerprint density at radius 1 is 1.27 bits per heavy atom. The zero-order valence-corrected chi connectivity index (χ0v) is 13.8. The van der Waals surface area contributed by atoms with Gasteiger partial charge in [0.1, 0.15) is 0 Å². The Labute approximate surface area is 133 Å². The number of nitrogens with one attached hydrogen (secondary N) is 1. The zero-order valence-electron chi connectivity index (χ0n) is 13.8. The fourth-order valence-corrected chi connectivity index (χ4v) is 4.01. The molecule has 1 N–H and O–H groups in total. The molecule has 22 heavy (non-hydrogen) atoms. The van der Waals surface area contributed by atoms with Gasteiger partial charge in [-0.1, -0.05) is 20.3 Å². The number of carbonyl (C=O) groups excluding carboxylic acids is 1. The first-order chi connectivity index (χ1) is 10.7. The van der Waals surface area contributed by atoms with Crippen LogP contribution in [0.1, 0.15) is 55.6 Å². The lowest BCUT2D eigenvalue weighted by molar-refractivity contribution is 0.0737. The number of hydrogen-bond donors (Lipinski definition) is 1. The predicted octanol–water partition coefficient (Wildman–Crippen LogP) is 2.31. The number of H-pyrrole nitrogens is 1. The fraction of sp³-hybridized carbons (Fsp3) is 0.765. The van der Waals surface area contributed by atoms with Crippen LogP contribution in [-0.2, 0) is 6.42 Å². The van der Waals surface area contributed by atoms with Crippen molar-refractivity contribution in [3.8, 4) is 0 Å². The molecule has 5 heteroatoms. The Bertz CT molecular complexity index is 513. The molecule has 0 unspecified atom stereocenters. The third kappa shape index (κ3) is 3.05. The number of aromatic nitrogens is 2. The Balaban J connectivity index is 1.75. The van der Waals surface area contributed by atoms with Crippen molar-refractivity contribution in [3.63, 3.8) is 0 Å². The van der Waals surface area contributed by atoms with Crippen LogP contribution in [0.2, 0.25) is 0 Å². The number of nitrogens with zero attached hydrogens (tertiary/aromatic N) is 3. The van der Waals surface area contributed by atoms with Crippen molar-refractivity contribution in [2.24, 2.45) is 5.92 Å². The van der Waals surface area contributed by atoms with Gasteiger partial charge in [0.15, 0.2) is 0 Å². The minimum absolute atomic E-state index is 0.174. The van der Waals surface area contributed by atoms with Crippen LogP contribution >= 0.6 is 0 Å². The number of amides is 1. The summed E-state index contributed by atoms with van der Waals surface area (Å²) in [6, 6.07) is 0.546. The lowest BCUT2D eigenvalue weighted by Gasteiger charge is -2.35. The minimum atomic E-state index is 0.174. The van der Waals surface area contributed by atoms with E-state index in [1.165, 1.54) is 19.3 Å². The van der Waals surface area contributed by atoms with Crippen LogP contribution in [0, 0.1) is 5.92 Å². The van der Waals surface area contributed by atoms with E-state index in [0.29, 0.717) is 12.0 Å². The quantitative estimate of drug-likeness (QED) is 0.908. The molecule has 5 nitrogen and oxygen atoms in total. The lowest BCUT2D eigenvalue weighted by atomic mass is 9.95. The maximum atomic E-state index is 12.9. The van der Waals surface area contributed by atoms with Gasteiger partial charge in [0.2, 0.25) is 0 Å². The third-order valence-corrected chi connectivity index (χ3v) is 5.07. The molecule has 4 heterocycles. The van der Waals surface area contributed by atoms with E-state index in [1.54, 1.807) is 6.20 Å². The normalized spacial score (nSPS) is 25.5. The first kappa shape index (κ1) is 15.5. The SMILES string of the molecule is CCCc1[nH]ncc1C(=O)N1C[C@@H]2CC[C@H](C1)N(CCC)C2. The summed E-state index contributed by atoms with van der Waals surface area (Å²) in [5.74, 6) is 0.809. The number of aryl methyl sites for hydroxylation is 1. The summed E-state index contributed by atoms with van der Waals surface area (Å²) in [4.78, 5) is 17.6. The Morgan fingerprint density at radius 2 is 2.14 bits per heavy atom. The molecule has 1 aromatic rings. The summed E-state index contributed by atoms with van der Waals surface area (Å²) in [6.45, 7) is 8.48.